The summed E-state index contributed by atoms with van der Waals surface area (Å²) in [6.07, 6.45) is 6.70. The van der Waals surface area contributed by atoms with E-state index in [1.165, 1.54) is 6.42 Å². The summed E-state index contributed by atoms with van der Waals surface area (Å²) in [5.74, 6) is 0.0283. The Bertz CT molecular complexity index is 287. The highest BCUT2D eigenvalue weighted by Gasteiger charge is 2.35. The molecule has 0 radical (unpaired) electrons. The minimum atomic E-state index is -0.672. The highest BCUT2D eigenvalue weighted by Crippen LogP contribution is 2.28. The first-order chi connectivity index (χ1) is 8.64. The molecule has 0 bridgehead atoms. The number of aliphatic hydroxyl groups is 1. The Morgan fingerprint density at radius 1 is 1.39 bits per heavy atom. The van der Waals surface area contributed by atoms with E-state index in [1.54, 1.807) is 0 Å². The van der Waals surface area contributed by atoms with E-state index < -0.39 is 5.60 Å². The molecule has 1 aliphatic carbocycles. The second kappa shape index (κ2) is 6.02. The number of rotatable bonds is 4. The van der Waals surface area contributed by atoms with Gasteiger partial charge in [0.25, 0.3) is 0 Å². The van der Waals surface area contributed by atoms with Crippen molar-refractivity contribution in [3.05, 3.63) is 0 Å². The standard InChI is InChI=1S/C14H25NO3/c1-2-12-11(6-9-18-12)13(16)15-10-14(17)7-4-3-5-8-14/h11-12,17H,2-10H2,1H3,(H,15,16). The maximum Gasteiger partial charge on any atom is 0.225 e. The molecule has 18 heavy (non-hydrogen) atoms. The summed E-state index contributed by atoms with van der Waals surface area (Å²) >= 11 is 0. The summed E-state index contributed by atoms with van der Waals surface area (Å²) in [6.45, 7) is 3.13. The zero-order valence-corrected chi connectivity index (χ0v) is 11.3. The van der Waals surface area contributed by atoms with Gasteiger partial charge in [0.05, 0.1) is 17.6 Å². The maximum atomic E-state index is 12.1. The van der Waals surface area contributed by atoms with Gasteiger partial charge in [-0.3, -0.25) is 4.79 Å². The van der Waals surface area contributed by atoms with Gasteiger partial charge in [-0.15, -0.1) is 0 Å². The minimum absolute atomic E-state index is 0.0257. The molecule has 2 fully saturated rings. The number of hydrogen-bond donors (Lipinski definition) is 2. The number of ether oxygens (including phenoxy) is 1. The molecule has 2 atom stereocenters. The number of carbonyl (C=O) groups excluding carboxylic acids is 1. The summed E-state index contributed by atoms with van der Waals surface area (Å²) in [5.41, 5.74) is -0.672. The van der Waals surface area contributed by atoms with E-state index in [4.69, 9.17) is 4.74 Å². The third-order valence-corrected chi connectivity index (χ3v) is 4.32. The Morgan fingerprint density at radius 2 is 2.11 bits per heavy atom. The van der Waals surface area contributed by atoms with Crippen molar-refractivity contribution in [3.8, 4) is 0 Å². The molecule has 2 N–H and O–H groups in total. The average molecular weight is 255 g/mol. The second-order valence-corrected chi connectivity index (χ2v) is 5.72. The molecule has 0 spiro atoms. The van der Waals surface area contributed by atoms with Crippen molar-refractivity contribution >= 4 is 5.91 Å². The fourth-order valence-corrected chi connectivity index (χ4v) is 3.12. The SMILES string of the molecule is CCC1OCCC1C(=O)NCC1(O)CCCCC1. The molecule has 4 heteroatoms. The molecule has 104 valence electrons. The zero-order chi connectivity index (χ0) is 13.0. The highest BCUT2D eigenvalue weighted by molar-refractivity contribution is 5.79. The van der Waals surface area contributed by atoms with Crippen molar-refractivity contribution in [3.63, 3.8) is 0 Å². The molecule has 0 aromatic carbocycles. The molecule has 1 saturated carbocycles. The Labute approximate surface area is 109 Å². The van der Waals surface area contributed by atoms with Crippen LogP contribution in [0, 0.1) is 5.92 Å². The molecule has 1 aliphatic heterocycles. The van der Waals surface area contributed by atoms with E-state index in [1.807, 2.05) is 6.92 Å². The Kier molecular flexibility index (Phi) is 4.62. The first-order valence-electron chi connectivity index (χ1n) is 7.26. The molecule has 1 saturated heterocycles. The molecule has 0 aromatic heterocycles. The van der Waals surface area contributed by atoms with Gasteiger partial charge < -0.3 is 15.2 Å². The fraction of sp³-hybridized carbons (Fsp3) is 0.929. The van der Waals surface area contributed by atoms with Crippen molar-refractivity contribution in [2.24, 2.45) is 5.92 Å². The third kappa shape index (κ3) is 3.23. The van der Waals surface area contributed by atoms with Crippen LogP contribution in [0.25, 0.3) is 0 Å². The monoisotopic (exact) mass is 255 g/mol. The van der Waals surface area contributed by atoms with Crippen LogP contribution in [0.15, 0.2) is 0 Å². The van der Waals surface area contributed by atoms with Crippen molar-refractivity contribution in [1.29, 1.82) is 0 Å². The van der Waals surface area contributed by atoms with Gasteiger partial charge in [-0.1, -0.05) is 26.2 Å². The van der Waals surface area contributed by atoms with E-state index >= 15 is 0 Å². The molecule has 1 amide bonds. The van der Waals surface area contributed by atoms with E-state index in [-0.39, 0.29) is 17.9 Å². The quantitative estimate of drug-likeness (QED) is 0.802. The first-order valence-corrected chi connectivity index (χ1v) is 7.26. The van der Waals surface area contributed by atoms with Gasteiger partial charge in [-0.05, 0) is 25.7 Å². The van der Waals surface area contributed by atoms with Crippen molar-refractivity contribution < 1.29 is 14.6 Å². The molecular formula is C14H25NO3. The molecule has 2 rings (SSSR count). The van der Waals surface area contributed by atoms with Crippen molar-refractivity contribution in [1.82, 2.24) is 5.32 Å². The van der Waals surface area contributed by atoms with Crippen LogP contribution in [-0.4, -0.2) is 35.9 Å². The van der Waals surface area contributed by atoms with Crippen molar-refractivity contribution in [2.45, 2.75) is 63.6 Å². The van der Waals surface area contributed by atoms with E-state index in [0.717, 1.165) is 38.5 Å². The Hall–Kier alpha value is -0.610. The molecule has 1 heterocycles. The molecule has 2 aliphatic rings. The van der Waals surface area contributed by atoms with Gasteiger partial charge in [-0.25, -0.2) is 0 Å². The van der Waals surface area contributed by atoms with Crippen LogP contribution in [0.5, 0.6) is 0 Å². The van der Waals surface area contributed by atoms with Gasteiger partial charge >= 0.3 is 0 Å². The average Bonchev–Trinajstić information content (AvgIpc) is 2.85. The summed E-state index contributed by atoms with van der Waals surface area (Å²) < 4.78 is 5.53. The maximum absolute atomic E-state index is 12.1. The number of nitrogens with one attached hydrogen (secondary N) is 1. The zero-order valence-electron chi connectivity index (χ0n) is 11.3. The van der Waals surface area contributed by atoms with Crippen LogP contribution in [-0.2, 0) is 9.53 Å². The van der Waals surface area contributed by atoms with Crippen LogP contribution < -0.4 is 5.32 Å². The van der Waals surface area contributed by atoms with Gasteiger partial charge in [0, 0.05) is 13.2 Å². The normalized spacial score (nSPS) is 31.2. The summed E-state index contributed by atoms with van der Waals surface area (Å²) in [7, 11) is 0. The van der Waals surface area contributed by atoms with Crippen LogP contribution in [0.2, 0.25) is 0 Å². The van der Waals surface area contributed by atoms with Crippen LogP contribution >= 0.6 is 0 Å². The van der Waals surface area contributed by atoms with E-state index in [9.17, 15) is 9.90 Å². The molecule has 4 nitrogen and oxygen atoms in total. The summed E-state index contributed by atoms with van der Waals surface area (Å²) in [6, 6.07) is 0. The molecule has 0 aromatic rings. The highest BCUT2D eigenvalue weighted by atomic mass is 16.5. The summed E-state index contributed by atoms with van der Waals surface area (Å²) in [4.78, 5) is 12.1. The second-order valence-electron chi connectivity index (χ2n) is 5.72. The van der Waals surface area contributed by atoms with Gasteiger partial charge in [0.15, 0.2) is 0 Å². The lowest BCUT2D eigenvalue weighted by Gasteiger charge is -2.32. The van der Waals surface area contributed by atoms with E-state index in [0.29, 0.717) is 13.2 Å². The predicted molar refractivity (Wildman–Crippen MR) is 69.2 cm³/mol. The Morgan fingerprint density at radius 3 is 2.78 bits per heavy atom. The van der Waals surface area contributed by atoms with Crippen molar-refractivity contribution in [2.75, 3.05) is 13.2 Å². The topological polar surface area (TPSA) is 58.6 Å². The lowest BCUT2D eigenvalue weighted by Crippen LogP contribution is -2.46. The van der Waals surface area contributed by atoms with Crippen LogP contribution in [0.3, 0.4) is 0 Å². The number of hydrogen-bond acceptors (Lipinski definition) is 3. The Balaban J connectivity index is 1.80. The lowest BCUT2D eigenvalue weighted by atomic mass is 9.84. The van der Waals surface area contributed by atoms with Gasteiger partial charge in [0.1, 0.15) is 0 Å². The smallest absolute Gasteiger partial charge is 0.225 e. The van der Waals surface area contributed by atoms with Gasteiger partial charge in [0.2, 0.25) is 5.91 Å². The number of carbonyl (C=O) groups is 1. The number of amides is 1. The van der Waals surface area contributed by atoms with E-state index in [2.05, 4.69) is 5.32 Å². The predicted octanol–water partition coefficient (Wildman–Crippen LogP) is 1.61. The fourth-order valence-electron chi connectivity index (χ4n) is 3.12. The van der Waals surface area contributed by atoms with Crippen LogP contribution in [0.1, 0.15) is 51.9 Å². The minimum Gasteiger partial charge on any atom is -0.388 e. The first kappa shape index (κ1) is 13.8. The van der Waals surface area contributed by atoms with Crippen LogP contribution in [0.4, 0.5) is 0 Å². The third-order valence-electron chi connectivity index (χ3n) is 4.32. The molecule has 2 unspecified atom stereocenters. The molecular weight excluding hydrogens is 230 g/mol. The van der Waals surface area contributed by atoms with Gasteiger partial charge in [-0.2, -0.15) is 0 Å². The lowest BCUT2D eigenvalue weighted by molar-refractivity contribution is -0.128. The largest absolute Gasteiger partial charge is 0.388 e. The summed E-state index contributed by atoms with van der Waals surface area (Å²) in [5, 5.41) is 13.3.